The van der Waals surface area contributed by atoms with Crippen molar-refractivity contribution in [2.24, 2.45) is 17.8 Å². The van der Waals surface area contributed by atoms with Crippen molar-refractivity contribution in [1.82, 2.24) is 0 Å². The van der Waals surface area contributed by atoms with Crippen LogP contribution in [0.3, 0.4) is 0 Å². The van der Waals surface area contributed by atoms with Crippen molar-refractivity contribution in [2.75, 3.05) is 10.6 Å². The average molecular weight is 437 g/mol. The first-order valence-corrected chi connectivity index (χ1v) is 12.5. The van der Waals surface area contributed by atoms with Gasteiger partial charge in [0, 0.05) is 16.9 Å². The Balaban J connectivity index is 1.35. The zero-order chi connectivity index (χ0) is 22.5. The molecule has 0 radical (unpaired) electrons. The molecule has 2 aliphatic carbocycles. The van der Waals surface area contributed by atoms with Gasteiger partial charge in [0.05, 0.1) is 6.04 Å². The van der Waals surface area contributed by atoms with E-state index in [-0.39, 0.29) is 5.91 Å². The highest BCUT2D eigenvalue weighted by Crippen LogP contribution is 2.63. The van der Waals surface area contributed by atoms with Crippen LogP contribution in [0.15, 0.2) is 66.7 Å². The fourth-order valence-corrected chi connectivity index (χ4v) is 7.01. The highest BCUT2D eigenvalue weighted by Gasteiger charge is 2.53. The molecule has 2 fully saturated rings. The van der Waals surface area contributed by atoms with Crippen LogP contribution in [0.4, 0.5) is 11.4 Å². The van der Waals surface area contributed by atoms with Gasteiger partial charge in [0.2, 0.25) is 0 Å². The number of carbonyl (C=O) groups is 1. The molecular formula is C30H32N2O. The van der Waals surface area contributed by atoms with E-state index in [4.69, 9.17) is 0 Å². The van der Waals surface area contributed by atoms with Crippen LogP contribution in [-0.4, -0.2) is 5.91 Å². The van der Waals surface area contributed by atoms with Gasteiger partial charge in [-0.2, -0.15) is 0 Å². The van der Waals surface area contributed by atoms with Gasteiger partial charge in [-0.25, -0.2) is 0 Å². The lowest BCUT2D eigenvalue weighted by Crippen LogP contribution is -2.35. The van der Waals surface area contributed by atoms with Crippen LogP contribution in [0.1, 0.15) is 70.8 Å². The van der Waals surface area contributed by atoms with E-state index >= 15 is 0 Å². The van der Waals surface area contributed by atoms with Gasteiger partial charge < -0.3 is 10.6 Å². The number of rotatable bonds is 4. The minimum Gasteiger partial charge on any atom is -0.378 e. The third-order valence-corrected chi connectivity index (χ3v) is 8.49. The normalized spacial score (nSPS) is 26.9. The Labute approximate surface area is 196 Å². The summed E-state index contributed by atoms with van der Waals surface area (Å²) in [5, 5.41) is 7.10. The van der Waals surface area contributed by atoms with Crippen molar-refractivity contribution in [3.05, 3.63) is 94.5 Å². The number of para-hydroxylation sites is 1. The van der Waals surface area contributed by atoms with Crippen LogP contribution in [0.5, 0.6) is 0 Å². The van der Waals surface area contributed by atoms with Crippen LogP contribution in [0.2, 0.25) is 0 Å². The molecule has 2 saturated carbocycles. The molecule has 5 atom stereocenters. The number of nitrogens with one attached hydrogen (secondary N) is 2. The molecule has 0 unspecified atom stereocenters. The fraction of sp³-hybridized carbons (Fsp3) is 0.367. The predicted octanol–water partition coefficient (Wildman–Crippen LogP) is 7.11. The van der Waals surface area contributed by atoms with Crippen LogP contribution >= 0.6 is 0 Å². The fourth-order valence-electron chi connectivity index (χ4n) is 7.01. The van der Waals surface area contributed by atoms with Gasteiger partial charge in [-0.05, 0) is 96.7 Å². The number of hydrogen-bond donors (Lipinski definition) is 2. The summed E-state index contributed by atoms with van der Waals surface area (Å²) in [4.78, 5) is 13.3. The zero-order valence-corrected chi connectivity index (χ0v) is 19.5. The highest BCUT2D eigenvalue weighted by atomic mass is 16.1. The summed E-state index contributed by atoms with van der Waals surface area (Å²) in [6.07, 6.45) is 4.91. The first kappa shape index (κ1) is 20.5. The van der Waals surface area contributed by atoms with Gasteiger partial charge in [-0.1, -0.05) is 55.5 Å². The molecule has 2 bridgehead atoms. The molecule has 3 aromatic rings. The van der Waals surface area contributed by atoms with Crippen LogP contribution in [-0.2, 0) is 6.42 Å². The Morgan fingerprint density at radius 2 is 1.82 bits per heavy atom. The second-order valence-electron chi connectivity index (χ2n) is 10.2. The molecule has 0 saturated heterocycles. The maximum absolute atomic E-state index is 13.3. The lowest BCUT2D eigenvalue weighted by Gasteiger charge is -2.43. The van der Waals surface area contributed by atoms with Gasteiger partial charge in [0.15, 0.2) is 0 Å². The van der Waals surface area contributed by atoms with Gasteiger partial charge in [0.1, 0.15) is 0 Å². The second-order valence-corrected chi connectivity index (χ2v) is 10.2. The number of amides is 1. The number of hydrogen-bond acceptors (Lipinski definition) is 2. The Bertz CT molecular complexity index is 1200. The largest absolute Gasteiger partial charge is 0.378 e. The molecule has 0 spiro atoms. The van der Waals surface area contributed by atoms with E-state index in [0.717, 1.165) is 35.1 Å². The van der Waals surface area contributed by atoms with Gasteiger partial charge in [-0.3, -0.25) is 4.79 Å². The Hall–Kier alpha value is -3.07. The summed E-state index contributed by atoms with van der Waals surface area (Å²) in [6.45, 7) is 4.20. The summed E-state index contributed by atoms with van der Waals surface area (Å²) in [5.74, 6) is 2.67. The topological polar surface area (TPSA) is 41.1 Å². The molecule has 0 aromatic heterocycles. The summed E-state index contributed by atoms with van der Waals surface area (Å²) >= 11 is 0. The van der Waals surface area contributed by atoms with E-state index < -0.39 is 0 Å². The summed E-state index contributed by atoms with van der Waals surface area (Å²) in [7, 11) is 0. The maximum Gasteiger partial charge on any atom is 0.255 e. The van der Waals surface area contributed by atoms with Gasteiger partial charge in [-0.15, -0.1) is 0 Å². The standard InChI is InChI=1S/C30H32N2O/c1-3-19-11-7-8-18(2)28(19)32-30(33)23-14-15-25-24(17-23)26-21-12-13-22(16-21)27(26)29(31-25)20-9-5-4-6-10-20/h4-11,14-15,17,21-22,26-27,29,31H,3,12-13,16H2,1-2H3,(H,32,33)/t21-,22-,26-,27-,29+/m0/s1. The molecule has 33 heavy (non-hydrogen) atoms. The molecular weight excluding hydrogens is 404 g/mol. The number of anilines is 2. The van der Waals surface area contributed by atoms with E-state index in [2.05, 4.69) is 85.1 Å². The van der Waals surface area contributed by atoms with E-state index in [0.29, 0.717) is 17.9 Å². The minimum absolute atomic E-state index is 0.00770. The van der Waals surface area contributed by atoms with Crippen molar-refractivity contribution >= 4 is 17.3 Å². The Kier molecular flexibility index (Phi) is 5.01. The smallest absolute Gasteiger partial charge is 0.255 e. The monoisotopic (exact) mass is 436 g/mol. The third-order valence-electron chi connectivity index (χ3n) is 8.49. The van der Waals surface area contributed by atoms with E-state index in [1.165, 1.54) is 41.6 Å². The van der Waals surface area contributed by atoms with Crippen LogP contribution in [0.25, 0.3) is 0 Å². The quantitative estimate of drug-likeness (QED) is 0.458. The molecule has 3 heteroatoms. The first-order chi connectivity index (χ1) is 16.1. The summed E-state index contributed by atoms with van der Waals surface area (Å²) in [6, 6.07) is 23.8. The number of aryl methyl sites for hydroxylation is 2. The predicted molar refractivity (Wildman–Crippen MR) is 135 cm³/mol. The number of fused-ring (bicyclic) bond motifs is 7. The Morgan fingerprint density at radius 3 is 2.64 bits per heavy atom. The molecule has 3 aromatic carbocycles. The summed E-state index contributed by atoms with van der Waals surface area (Å²) in [5.41, 5.74) is 7.97. The van der Waals surface area contributed by atoms with Crippen molar-refractivity contribution in [3.8, 4) is 0 Å². The molecule has 1 aliphatic heterocycles. The van der Waals surface area contributed by atoms with Crippen LogP contribution in [0, 0.1) is 24.7 Å². The molecule has 3 aliphatic rings. The third kappa shape index (κ3) is 3.37. The Morgan fingerprint density at radius 1 is 1.00 bits per heavy atom. The molecule has 3 nitrogen and oxygen atoms in total. The van der Waals surface area contributed by atoms with E-state index in [1.807, 2.05) is 6.07 Å². The van der Waals surface area contributed by atoms with Crippen molar-refractivity contribution < 1.29 is 4.79 Å². The summed E-state index contributed by atoms with van der Waals surface area (Å²) < 4.78 is 0. The van der Waals surface area contributed by atoms with Gasteiger partial charge in [0.25, 0.3) is 5.91 Å². The van der Waals surface area contributed by atoms with E-state index in [1.54, 1.807) is 0 Å². The molecule has 1 amide bonds. The first-order valence-electron chi connectivity index (χ1n) is 12.5. The van der Waals surface area contributed by atoms with Crippen molar-refractivity contribution in [1.29, 1.82) is 0 Å². The second kappa shape index (κ2) is 8.06. The SMILES string of the molecule is CCc1cccc(C)c1NC(=O)c1ccc2c(c1)[C@@H]1[C@H]3CC[C@@H](C3)[C@@H]1[C@@H](c1ccccc1)N2. The zero-order valence-electron chi connectivity index (χ0n) is 19.5. The van der Waals surface area contributed by atoms with Crippen molar-refractivity contribution in [2.45, 2.75) is 51.5 Å². The average Bonchev–Trinajstić information content (AvgIpc) is 3.48. The van der Waals surface area contributed by atoms with Gasteiger partial charge >= 0.3 is 0 Å². The lowest BCUT2D eigenvalue weighted by molar-refractivity contribution is 0.102. The van der Waals surface area contributed by atoms with Crippen LogP contribution < -0.4 is 10.6 Å². The highest BCUT2D eigenvalue weighted by molar-refractivity contribution is 6.05. The molecule has 2 N–H and O–H groups in total. The van der Waals surface area contributed by atoms with Crippen molar-refractivity contribution in [3.63, 3.8) is 0 Å². The van der Waals surface area contributed by atoms with E-state index in [9.17, 15) is 4.79 Å². The maximum atomic E-state index is 13.3. The molecule has 168 valence electrons. The molecule has 6 rings (SSSR count). The minimum atomic E-state index is -0.00770. The lowest BCUT2D eigenvalue weighted by atomic mass is 9.68. The number of benzene rings is 3. The number of carbonyl (C=O) groups excluding carboxylic acids is 1. The molecule has 1 heterocycles.